The molecule has 0 bridgehead atoms. The molecule has 1 saturated heterocycles. The highest BCUT2D eigenvalue weighted by atomic mass is 15.2. The third-order valence-electron chi connectivity index (χ3n) is 3.93. The predicted octanol–water partition coefficient (Wildman–Crippen LogP) is 1.89. The van der Waals surface area contributed by atoms with Gasteiger partial charge in [-0.25, -0.2) is 0 Å². The van der Waals surface area contributed by atoms with Crippen LogP contribution >= 0.6 is 0 Å². The van der Waals surface area contributed by atoms with Crippen molar-refractivity contribution in [3.05, 3.63) is 29.6 Å². The molecule has 3 heteroatoms. The summed E-state index contributed by atoms with van der Waals surface area (Å²) in [6.07, 6.45) is 5.81. The molecule has 0 amide bonds. The second-order valence-corrected chi connectivity index (χ2v) is 5.29. The summed E-state index contributed by atoms with van der Waals surface area (Å²) in [6, 6.07) is 4.46. The maximum atomic E-state index is 4.56. The fourth-order valence-corrected chi connectivity index (χ4v) is 2.62. The Hall–Kier alpha value is -0.930. The summed E-state index contributed by atoms with van der Waals surface area (Å²) in [5.41, 5.74) is 2.87. The molecule has 1 aromatic heterocycles. The Morgan fingerprint density at radius 1 is 1.41 bits per heavy atom. The summed E-state index contributed by atoms with van der Waals surface area (Å²) in [7, 11) is 0. The van der Waals surface area contributed by atoms with Crippen molar-refractivity contribution in [2.75, 3.05) is 19.6 Å². The van der Waals surface area contributed by atoms with Gasteiger partial charge < -0.3 is 5.32 Å². The Morgan fingerprint density at radius 3 is 2.82 bits per heavy atom. The SMILES string of the molecule is CCNC1(c2cc(CN3CCC3)ccn2)CC1. The molecule has 17 heavy (non-hydrogen) atoms. The van der Waals surface area contributed by atoms with E-state index in [0.29, 0.717) is 0 Å². The molecule has 3 rings (SSSR count). The van der Waals surface area contributed by atoms with Gasteiger partial charge in [0.1, 0.15) is 0 Å². The highest BCUT2D eigenvalue weighted by Crippen LogP contribution is 2.44. The van der Waals surface area contributed by atoms with E-state index in [2.05, 4.69) is 34.3 Å². The topological polar surface area (TPSA) is 28.2 Å². The van der Waals surface area contributed by atoms with Crippen LogP contribution in [0.15, 0.2) is 18.3 Å². The van der Waals surface area contributed by atoms with E-state index in [1.807, 2.05) is 6.20 Å². The Morgan fingerprint density at radius 2 is 2.24 bits per heavy atom. The van der Waals surface area contributed by atoms with Crippen LogP contribution in [0.25, 0.3) is 0 Å². The van der Waals surface area contributed by atoms with Gasteiger partial charge in [-0.15, -0.1) is 0 Å². The molecule has 2 fully saturated rings. The van der Waals surface area contributed by atoms with E-state index in [1.165, 1.54) is 43.6 Å². The van der Waals surface area contributed by atoms with E-state index in [0.717, 1.165) is 13.1 Å². The average molecular weight is 231 g/mol. The van der Waals surface area contributed by atoms with Crippen molar-refractivity contribution in [1.29, 1.82) is 0 Å². The van der Waals surface area contributed by atoms with Crippen LogP contribution < -0.4 is 5.32 Å². The van der Waals surface area contributed by atoms with Crippen LogP contribution in [0.1, 0.15) is 37.4 Å². The summed E-state index contributed by atoms with van der Waals surface area (Å²) < 4.78 is 0. The second-order valence-electron chi connectivity index (χ2n) is 5.29. The van der Waals surface area contributed by atoms with E-state index in [4.69, 9.17) is 0 Å². The molecule has 0 aromatic carbocycles. The van der Waals surface area contributed by atoms with Crippen molar-refractivity contribution >= 4 is 0 Å². The first-order valence-corrected chi connectivity index (χ1v) is 6.75. The average Bonchev–Trinajstić information content (AvgIpc) is 3.06. The van der Waals surface area contributed by atoms with Gasteiger partial charge in [-0.3, -0.25) is 9.88 Å². The van der Waals surface area contributed by atoms with Gasteiger partial charge in [0.05, 0.1) is 11.2 Å². The summed E-state index contributed by atoms with van der Waals surface area (Å²) >= 11 is 0. The predicted molar refractivity (Wildman–Crippen MR) is 68.7 cm³/mol. The van der Waals surface area contributed by atoms with Crippen LogP contribution in [0.3, 0.4) is 0 Å². The van der Waals surface area contributed by atoms with Gasteiger partial charge in [-0.05, 0) is 56.6 Å². The van der Waals surface area contributed by atoms with E-state index in [1.54, 1.807) is 0 Å². The Kier molecular flexibility index (Phi) is 2.89. The quantitative estimate of drug-likeness (QED) is 0.838. The Bertz CT molecular complexity index is 394. The fraction of sp³-hybridized carbons (Fsp3) is 0.643. The zero-order chi connectivity index (χ0) is 11.7. The molecule has 1 aliphatic carbocycles. The smallest absolute Gasteiger partial charge is 0.0610 e. The standard InChI is InChI=1S/C14H21N3/c1-2-16-14(5-6-14)13-10-12(4-7-15-13)11-17-8-3-9-17/h4,7,10,16H,2-3,5-6,8-9,11H2,1H3. The van der Waals surface area contributed by atoms with Crippen molar-refractivity contribution in [3.63, 3.8) is 0 Å². The third-order valence-corrected chi connectivity index (χ3v) is 3.93. The molecule has 1 aromatic rings. The van der Waals surface area contributed by atoms with Gasteiger partial charge in [0.25, 0.3) is 0 Å². The lowest BCUT2D eigenvalue weighted by molar-refractivity contribution is 0.172. The minimum absolute atomic E-state index is 0.208. The zero-order valence-electron chi connectivity index (χ0n) is 10.6. The van der Waals surface area contributed by atoms with Crippen molar-refractivity contribution in [1.82, 2.24) is 15.2 Å². The molecule has 0 atom stereocenters. The minimum atomic E-state index is 0.208. The normalized spacial score (nSPS) is 22.2. The number of nitrogens with zero attached hydrogens (tertiary/aromatic N) is 2. The van der Waals surface area contributed by atoms with E-state index >= 15 is 0 Å². The third kappa shape index (κ3) is 2.22. The number of rotatable bonds is 5. The van der Waals surface area contributed by atoms with Gasteiger partial charge in [-0.1, -0.05) is 6.92 Å². The first kappa shape index (κ1) is 11.2. The van der Waals surface area contributed by atoms with Crippen LogP contribution in [0.5, 0.6) is 0 Å². The number of pyridine rings is 1. The van der Waals surface area contributed by atoms with Crippen LogP contribution in [0.2, 0.25) is 0 Å². The summed E-state index contributed by atoms with van der Waals surface area (Å²) in [4.78, 5) is 7.05. The van der Waals surface area contributed by atoms with Crippen LogP contribution in [0.4, 0.5) is 0 Å². The minimum Gasteiger partial charge on any atom is -0.306 e. The van der Waals surface area contributed by atoms with Crippen molar-refractivity contribution in [2.45, 2.75) is 38.3 Å². The highest BCUT2D eigenvalue weighted by molar-refractivity contribution is 5.27. The lowest BCUT2D eigenvalue weighted by Crippen LogP contribution is -2.36. The first-order valence-electron chi connectivity index (χ1n) is 6.75. The van der Waals surface area contributed by atoms with Crippen molar-refractivity contribution < 1.29 is 0 Å². The second kappa shape index (κ2) is 4.39. The zero-order valence-corrected chi connectivity index (χ0v) is 10.6. The summed E-state index contributed by atoms with van der Waals surface area (Å²) in [5.74, 6) is 0. The molecule has 92 valence electrons. The monoisotopic (exact) mass is 231 g/mol. The van der Waals surface area contributed by atoms with Gasteiger partial charge >= 0.3 is 0 Å². The molecular weight excluding hydrogens is 210 g/mol. The lowest BCUT2D eigenvalue weighted by Gasteiger charge is -2.30. The van der Waals surface area contributed by atoms with Crippen molar-refractivity contribution in [3.8, 4) is 0 Å². The fourth-order valence-electron chi connectivity index (χ4n) is 2.62. The number of aromatic nitrogens is 1. The molecular formula is C14H21N3. The maximum Gasteiger partial charge on any atom is 0.0610 e. The van der Waals surface area contributed by atoms with Crippen LogP contribution in [0, 0.1) is 0 Å². The van der Waals surface area contributed by atoms with Gasteiger partial charge in [0.2, 0.25) is 0 Å². The molecule has 2 aliphatic rings. The number of hydrogen-bond donors (Lipinski definition) is 1. The largest absolute Gasteiger partial charge is 0.306 e. The molecule has 0 unspecified atom stereocenters. The molecule has 0 radical (unpaired) electrons. The van der Waals surface area contributed by atoms with Gasteiger partial charge in [-0.2, -0.15) is 0 Å². The highest BCUT2D eigenvalue weighted by Gasteiger charge is 2.44. The van der Waals surface area contributed by atoms with E-state index in [9.17, 15) is 0 Å². The first-order chi connectivity index (χ1) is 8.32. The molecule has 0 spiro atoms. The molecule has 1 aliphatic heterocycles. The maximum absolute atomic E-state index is 4.56. The number of nitrogens with one attached hydrogen (secondary N) is 1. The van der Waals surface area contributed by atoms with Gasteiger partial charge in [0, 0.05) is 12.7 Å². The Labute approximate surface area is 103 Å². The molecule has 1 N–H and O–H groups in total. The molecule has 2 heterocycles. The molecule has 3 nitrogen and oxygen atoms in total. The van der Waals surface area contributed by atoms with E-state index in [-0.39, 0.29) is 5.54 Å². The number of likely N-dealkylation sites (tertiary alicyclic amines) is 1. The van der Waals surface area contributed by atoms with Crippen LogP contribution in [-0.4, -0.2) is 29.5 Å². The summed E-state index contributed by atoms with van der Waals surface area (Å²) in [5, 5.41) is 3.58. The summed E-state index contributed by atoms with van der Waals surface area (Å²) in [6.45, 7) is 6.81. The lowest BCUT2D eigenvalue weighted by atomic mass is 10.1. The number of hydrogen-bond acceptors (Lipinski definition) is 3. The van der Waals surface area contributed by atoms with Crippen LogP contribution in [-0.2, 0) is 12.1 Å². The van der Waals surface area contributed by atoms with Gasteiger partial charge in [0.15, 0.2) is 0 Å². The molecule has 1 saturated carbocycles. The van der Waals surface area contributed by atoms with Crippen molar-refractivity contribution in [2.24, 2.45) is 0 Å². The Balaban J connectivity index is 1.74. The van der Waals surface area contributed by atoms with E-state index < -0.39 is 0 Å².